The van der Waals surface area contributed by atoms with Crippen LogP contribution in [0.3, 0.4) is 0 Å². The van der Waals surface area contributed by atoms with Gasteiger partial charge in [0.05, 0.1) is 6.61 Å². The molecule has 1 aromatic heterocycles. The summed E-state index contributed by atoms with van der Waals surface area (Å²) in [6.45, 7) is -0.199. The van der Waals surface area contributed by atoms with E-state index in [1.165, 1.54) is 12.3 Å². The minimum atomic E-state index is -3.63. The van der Waals surface area contributed by atoms with Crippen molar-refractivity contribution in [2.24, 2.45) is 7.05 Å². The van der Waals surface area contributed by atoms with Crippen molar-refractivity contribution in [1.82, 2.24) is 4.57 Å². The van der Waals surface area contributed by atoms with Gasteiger partial charge in [-0.1, -0.05) is 6.07 Å². The first-order valence-corrected chi connectivity index (χ1v) is 8.03. The van der Waals surface area contributed by atoms with Crippen molar-refractivity contribution in [2.75, 3.05) is 4.72 Å². The number of aliphatic hydroxyl groups excluding tert-OH is 1. The molecule has 0 amide bonds. The van der Waals surface area contributed by atoms with E-state index in [-0.39, 0.29) is 11.5 Å². The largest absolute Gasteiger partial charge is 0.390 e. The maximum Gasteiger partial charge on any atom is 0.263 e. The first-order chi connectivity index (χ1) is 8.92. The van der Waals surface area contributed by atoms with Crippen molar-refractivity contribution in [3.05, 3.63) is 45.8 Å². The highest BCUT2D eigenvalue weighted by molar-refractivity contribution is 14.1. The molecule has 7 heteroatoms. The Kier molecular flexibility index (Phi) is 4.16. The highest BCUT2D eigenvalue weighted by Crippen LogP contribution is 2.19. The van der Waals surface area contributed by atoms with Gasteiger partial charge in [-0.25, -0.2) is 8.42 Å². The number of sulfonamides is 1. The van der Waals surface area contributed by atoms with Crippen LogP contribution < -0.4 is 4.72 Å². The summed E-state index contributed by atoms with van der Waals surface area (Å²) in [4.78, 5) is 0.137. The van der Waals surface area contributed by atoms with E-state index in [0.29, 0.717) is 11.4 Å². The minimum absolute atomic E-state index is 0.137. The third-order valence-electron chi connectivity index (χ3n) is 2.63. The standard InChI is InChI=1S/C12H13IN2O3S/c1-15-7-12(6-11(15)8-16)19(17,18)14-10-4-2-3-9(13)5-10/h2-7,14,16H,8H2,1H3. The van der Waals surface area contributed by atoms with Gasteiger partial charge in [-0.15, -0.1) is 0 Å². The number of nitrogens with one attached hydrogen (secondary N) is 1. The summed E-state index contributed by atoms with van der Waals surface area (Å²) in [5.41, 5.74) is 1.06. The van der Waals surface area contributed by atoms with Crippen LogP contribution in [0.5, 0.6) is 0 Å². The van der Waals surface area contributed by atoms with Crippen molar-refractivity contribution >= 4 is 38.3 Å². The van der Waals surface area contributed by atoms with E-state index >= 15 is 0 Å². The van der Waals surface area contributed by atoms with Crippen LogP contribution in [0.1, 0.15) is 5.69 Å². The lowest BCUT2D eigenvalue weighted by atomic mass is 10.3. The Hall–Kier alpha value is -1.06. The molecule has 5 nitrogen and oxygen atoms in total. The summed E-state index contributed by atoms with van der Waals surface area (Å²) in [6, 6.07) is 8.55. The average Bonchev–Trinajstić information content (AvgIpc) is 2.71. The van der Waals surface area contributed by atoms with Crippen LogP contribution in [-0.4, -0.2) is 18.1 Å². The Balaban J connectivity index is 2.32. The SMILES string of the molecule is Cn1cc(S(=O)(=O)Nc2cccc(I)c2)cc1CO. The third kappa shape index (κ3) is 3.28. The summed E-state index contributed by atoms with van der Waals surface area (Å²) >= 11 is 2.12. The highest BCUT2D eigenvalue weighted by atomic mass is 127. The number of nitrogens with zero attached hydrogens (tertiary/aromatic N) is 1. The van der Waals surface area contributed by atoms with Gasteiger partial charge in [-0.2, -0.15) is 0 Å². The van der Waals surface area contributed by atoms with E-state index in [9.17, 15) is 8.42 Å². The topological polar surface area (TPSA) is 71.3 Å². The molecule has 2 rings (SSSR count). The Morgan fingerprint density at radius 2 is 2.11 bits per heavy atom. The monoisotopic (exact) mass is 392 g/mol. The lowest BCUT2D eigenvalue weighted by molar-refractivity contribution is 0.272. The van der Waals surface area contributed by atoms with Crippen molar-refractivity contribution in [3.63, 3.8) is 0 Å². The van der Waals surface area contributed by atoms with Crippen LogP contribution in [0.4, 0.5) is 5.69 Å². The van der Waals surface area contributed by atoms with E-state index < -0.39 is 10.0 Å². The molecule has 2 N–H and O–H groups in total. The first kappa shape index (κ1) is 14.4. The summed E-state index contributed by atoms with van der Waals surface area (Å²) in [6.07, 6.45) is 1.47. The molecule has 0 atom stereocenters. The lowest BCUT2D eigenvalue weighted by Gasteiger charge is -2.06. The fourth-order valence-corrected chi connectivity index (χ4v) is 3.33. The normalized spacial score (nSPS) is 11.5. The molecule has 0 bridgehead atoms. The maximum atomic E-state index is 12.2. The molecule has 1 aromatic carbocycles. The third-order valence-corrected chi connectivity index (χ3v) is 4.65. The Morgan fingerprint density at radius 1 is 1.37 bits per heavy atom. The Labute approximate surface area is 125 Å². The molecule has 0 saturated carbocycles. The highest BCUT2D eigenvalue weighted by Gasteiger charge is 2.17. The Bertz CT molecular complexity index is 695. The summed E-state index contributed by atoms with van der Waals surface area (Å²) in [5, 5.41) is 9.09. The molecule has 0 radical (unpaired) electrons. The van der Waals surface area contributed by atoms with E-state index in [2.05, 4.69) is 27.3 Å². The zero-order valence-corrected chi connectivity index (χ0v) is 13.1. The number of aromatic nitrogens is 1. The van der Waals surface area contributed by atoms with E-state index in [0.717, 1.165) is 3.57 Å². The number of benzene rings is 1. The summed E-state index contributed by atoms with van der Waals surface area (Å²) in [5.74, 6) is 0. The molecule has 19 heavy (non-hydrogen) atoms. The average molecular weight is 392 g/mol. The predicted octanol–water partition coefficient (Wildman–Crippen LogP) is 1.92. The van der Waals surface area contributed by atoms with Gasteiger partial charge < -0.3 is 9.67 Å². The molecule has 1 heterocycles. The summed E-state index contributed by atoms with van der Waals surface area (Å²) < 4.78 is 29.4. The first-order valence-electron chi connectivity index (χ1n) is 5.47. The van der Waals surface area contributed by atoms with Crippen molar-refractivity contribution in [2.45, 2.75) is 11.5 Å². The van der Waals surface area contributed by atoms with Crippen molar-refractivity contribution in [1.29, 1.82) is 0 Å². The molecule has 0 fully saturated rings. The Morgan fingerprint density at radius 3 is 2.68 bits per heavy atom. The van der Waals surface area contributed by atoms with Crippen molar-refractivity contribution in [3.8, 4) is 0 Å². The molecule has 0 aliphatic rings. The van der Waals surface area contributed by atoms with Gasteiger partial charge >= 0.3 is 0 Å². The molecule has 0 spiro atoms. The molecular formula is C12H13IN2O3S. The number of rotatable bonds is 4. The quantitative estimate of drug-likeness (QED) is 0.782. The molecule has 0 aliphatic carbocycles. The number of halogens is 1. The van der Waals surface area contributed by atoms with Gasteiger partial charge in [0.25, 0.3) is 10.0 Å². The number of anilines is 1. The second kappa shape index (κ2) is 5.51. The molecule has 0 aliphatic heterocycles. The van der Waals surface area contributed by atoms with Gasteiger partial charge in [-0.3, -0.25) is 4.72 Å². The van der Waals surface area contributed by atoms with Gasteiger partial charge in [0.2, 0.25) is 0 Å². The molecule has 0 unspecified atom stereocenters. The van der Waals surface area contributed by atoms with Crippen LogP contribution in [0.25, 0.3) is 0 Å². The maximum absolute atomic E-state index is 12.2. The van der Waals surface area contributed by atoms with E-state index in [4.69, 9.17) is 5.11 Å². The fraction of sp³-hybridized carbons (Fsp3) is 0.167. The van der Waals surface area contributed by atoms with Crippen molar-refractivity contribution < 1.29 is 13.5 Å². The number of aryl methyl sites for hydroxylation is 1. The van der Waals surface area contributed by atoms with Crippen LogP contribution in [0, 0.1) is 3.57 Å². The second-order valence-corrected chi connectivity index (χ2v) is 6.98. The fourth-order valence-electron chi connectivity index (χ4n) is 1.65. The molecule has 102 valence electrons. The van der Waals surface area contributed by atoms with E-state index in [1.54, 1.807) is 29.8 Å². The molecular weight excluding hydrogens is 379 g/mol. The zero-order valence-electron chi connectivity index (χ0n) is 10.2. The molecule has 2 aromatic rings. The number of aliphatic hydroxyl groups is 1. The lowest BCUT2D eigenvalue weighted by Crippen LogP contribution is -2.12. The molecule has 0 saturated heterocycles. The predicted molar refractivity (Wildman–Crippen MR) is 81.3 cm³/mol. The summed E-state index contributed by atoms with van der Waals surface area (Å²) in [7, 11) is -1.94. The van der Waals surface area contributed by atoms with Crippen LogP contribution in [0.2, 0.25) is 0 Å². The van der Waals surface area contributed by atoms with Gasteiger partial charge in [0, 0.05) is 28.2 Å². The van der Waals surface area contributed by atoms with Gasteiger partial charge in [0.1, 0.15) is 4.90 Å². The second-order valence-electron chi connectivity index (χ2n) is 4.05. The van der Waals surface area contributed by atoms with Crippen LogP contribution in [0.15, 0.2) is 41.4 Å². The zero-order chi connectivity index (χ0) is 14.0. The van der Waals surface area contributed by atoms with Crippen LogP contribution in [-0.2, 0) is 23.7 Å². The number of hydrogen-bond donors (Lipinski definition) is 2. The van der Waals surface area contributed by atoms with Crippen LogP contribution >= 0.6 is 22.6 Å². The van der Waals surface area contributed by atoms with E-state index in [1.807, 2.05) is 6.07 Å². The van der Waals surface area contributed by atoms with Gasteiger partial charge in [-0.05, 0) is 46.9 Å². The smallest absolute Gasteiger partial charge is 0.263 e. The van der Waals surface area contributed by atoms with Gasteiger partial charge in [0.15, 0.2) is 0 Å². The minimum Gasteiger partial charge on any atom is -0.390 e. The number of hydrogen-bond acceptors (Lipinski definition) is 3.